The van der Waals surface area contributed by atoms with Gasteiger partial charge in [0, 0.05) is 29.4 Å². The van der Waals surface area contributed by atoms with Gasteiger partial charge in [0.2, 0.25) is 5.95 Å². The highest BCUT2D eigenvalue weighted by atomic mass is 19.3. The Morgan fingerprint density at radius 1 is 1.38 bits per heavy atom. The summed E-state index contributed by atoms with van der Waals surface area (Å²) in [4.78, 5) is 12.0. The van der Waals surface area contributed by atoms with E-state index < -0.39 is 18.6 Å². The van der Waals surface area contributed by atoms with Crippen LogP contribution in [0.1, 0.15) is 19.8 Å². The number of hydrogen-bond acceptors (Lipinski definition) is 6. The maximum Gasteiger partial charge on any atom is 0.258 e. The highest BCUT2D eigenvalue weighted by Gasteiger charge is 2.38. The van der Waals surface area contributed by atoms with Crippen LogP contribution >= 0.6 is 0 Å². The van der Waals surface area contributed by atoms with Crippen molar-refractivity contribution in [2.24, 2.45) is 0 Å². The van der Waals surface area contributed by atoms with E-state index in [4.69, 9.17) is 0 Å². The van der Waals surface area contributed by atoms with E-state index in [9.17, 15) is 13.9 Å². The minimum atomic E-state index is -2.50. The second-order valence-corrected chi connectivity index (χ2v) is 7.77. The van der Waals surface area contributed by atoms with Gasteiger partial charge in [0.25, 0.3) is 6.43 Å². The van der Waals surface area contributed by atoms with Crippen LogP contribution < -0.4 is 5.32 Å². The van der Waals surface area contributed by atoms with Crippen LogP contribution in [0.3, 0.4) is 0 Å². The van der Waals surface area contributed by atoms with Crippen molar-refractivity contribution in [3.05, 3.63) is 30.6 Å². The fourth-order valence-corrected chi connectivity index (χ4v) is 3.90. The zero-order chi connectivity index (χ0) is 20.2. The van der Waals surface area contributed by atoms with Crippen LogP contribution in [0.25, 0.3) is 33.2 Å². The number of hydrogen-bond donors (Lipinski definition) is 3. The molecule has 150 valence electrons. The number of alkyl halides is 2. The lowest BCUT2D eigenvalue weighted by Gasteiger charge is -2.41. The van der Waals surface area contributed by atoms with E-state index >= 15 is 0 Å². The van der Waals surface area contributed by atoms with Crippen molar-refractivity contribution in [3.8, 4) is 11.1 Å². The monoisotopic (exact) mass is 399 g/mol. The van der Waals surface area contributed by atoms with Crippen LogP contribution in [-0.2, 0) is 6.54 Å². The molecule has 0 spiro atoms. The average molecular weight is 399 g/mol. The third-order valence-corrected chi connectivity index (χ3v) is 5.27. The fourth-order valence-electron chi connectivity index (χ4n) is 3.90. The molecule has 0 amide bonds. The molecule has 1 aromatic carbocycles. The van der Waals surface area contributed by atoms with Gasteiger partial charge in [0.1, 0.15) is 17.7 Å². The van der Waals surface area contributed by atoms with Crippen LogP contribution in [-0.4, -0.2) is 53.1 Å². The molecule has 0 radical (unpaired) electrons. The van der Waals surface area contributed by atoms with Gasteiger partial charge in [-0.15, -0.1) is 5.10 Å². The minimum absolute atomic E-state index is 0.155. The third-order valence-electron chi connectivity index (χ3n) is 5.27. The number of aromatic nitrogens is 6. The molecule has 1 aliphatic carbocycles. The minimum Gasteiger partial charge on any atom is -0.390 e. The van der Waals surface area contributed by atoms with Gasteiger partial charge >= 0.3 is 0 Å². The molecule has 5 rings (SSSR count). The number of fused-ring (bicyclic) bond motifs is 2. The van der Waals surface area contributed by atoms with Crippen LogP contribution in [0, 0.1) is 0 Å². The summed E-state index contributed by atoms with van der Waals surface area (Å²) >= 11 is 0. The second-order valence-electron chi connectivity index (χ2n) is 7.77. The largest absolute Gasteiger partial charge is 0.390 e. The second kappa shape index (κ2) is 6.45. The SMILES string of the molecule is C[C@]1(O)C[C@H](Nc2ncc3c(-c4ccc5nnn(CC(F)F)c5c4)c[nH]c3n2)C1. The smallest absolute Gasteiger partial charge is 0.258 e. The highest BCUT2D eigenvalue weighted by molar-refractivity contribution is 5.95. The lowest BCUT2D eigenvalue weighted by atomic mass is 9.77. The average Bonchev–Trinajstić information content (AvgIpc) is 3.23. The van der Waals surface area contributed by atoms with E-state index in [1.807, 2.05) is 19.2 Å². The lowest BCUT2D eigenvalue weighted by molar-refractivity contribution is -0.0235. The predicted octanol–water partition coefficient (Wildman–Crippen LogP) is 2.96. The summed E-state index contributed by atoms with van der Waals surface area (Å²) in [6.07, 6.45) is 2.36. The molecule has 3 N–H and O–H groups in total. The topological polar surface area (TPSA) is 105 Å². The first-order valence-electron chi connectivity index (χ1n) is 9.33. The first-order chi connectivity index (χ1) is 13.9. The molecule has 0 bridgehead atoms. The molecule has 0 unspecified atom stereocenters. The van der Waals surface area contributed by atoms with Crippen molar-refractivity contribution in [3.63, 3.8) is 0 Å². The highest BCUT2D eigenvalue weighted by Crippen LogP contribution is 2.34. The van der Waals surface area contributed by atoms with Crippen molar-refractivity contribution < 1.29 is 13.9 Å². The number of nitrogens with zero attached hydrogens (tertiary/aromatic N) is 5. The van der Waals surface area contributed by atoms with Crippen LogP contribution in [0.2, 0.25) is 0 Å². The van der Waals surface area contributed by atoms with Crippen LogP contribution in [0.15, 0.2) is 30.6 Å². The number of aliphatic hydroxyl groups is 1. The first kappa shape index (κ1) is 17.9. The molecule has 1 aliphatic rings. The van der Waals surface area contributed by atoms with Gasteiger partial charge < -0.3 is 15.4 Å². The Hall–Kier alpha value is -3.14. The summed E-state index contributed by atoms with van der Waals surface area (Å²) in [6, 6.07) is 5.58. The number of nitrogens with one attached hydrogen (secondary N) is 2. The van der Waals surface area contributed by atoms with Gasteiger partial charge in [0.05, 0.1) is 11.1 Å². The molecule has 0 saturated heterocycles. The van der Waals surface area contributed by atoms with Crippen molar-refractivity contribution in [2.75, 3.05) is 5.32 Å². The van der Waals surface area contributed by atoms with Crippen LogP contribution in [0.4, 0.5) is 14.7 Å². The summed E-state index contributed by atoms with van der Waals surface area (Å²) < 4.78 is 26.8. The summed E-state index contributed by atoms with van der Waals surface area (Å²) in [5, 5.41) is 21.7. The van der Waals surface area contributed by atoms with Gasteiger partial charge in [-0.2, -0.15) is 4.98 Å². The van der Waals surface area contributed by atoms with E-state index in [0.717, 1.165) is 16.5 Å². The quantitative estimate of drug-likeness (QED) is 0.477. The summed E-state index contributed by atoms with van der Waals surface area (Å²) in [7, 11) is 0. The van der Waals surface area contributed by atoms with Crippen molar-refractivity contribution in [2.45, 2.75) is 44.4 Å². The maximum absolute atomic E-state index is 12.8. The molecule has 4 aromatic rings. The Bertz CT molecular complexity index is 1190. The van der Waals surface area contributed by atoms with E-state index in [1.165, 1.54) is 4.68 Å². The van der Waals surface area contributed by atoms with E-state index in [0.29, 0.717) is 35.5 Å². The predicted molar refractivity (Wildman–Crippen MR) is 104 cm³/mol. The van der Waals surface area contributed by atoms with Gasteiger partial charge in [0.15, 0.2) is 0 Å². The van der Waals surface area contributed by atoms with Crippen molar-refractivity contribution in [1.29, 1.82) is 0 Å². The van der Waals surface area contributed by atoms with Crippen molar-refractivity contribution in [1.82, 2.24) is 29.9 Å². The van der Waals surface area contributed by atoms with Gasteiger partial charge in [-0.3, -0.25) is 0 Å². The number of rotatable bonds is 5. The zero-order valence-corrected chi connectivity index (χ0v) is 15.6. The molecule has 0 atom stereocenters. The number of benzene rings is 1. The Kier molecular flexibility index (Phi) is 3.98. The first-order valence-corrected chi connectivity index (χ1v) is 9.33. The molecule has 1 saturated carbocycles. The maximum atomic E-state index is 12.8. The third kappa shape index (κ3) is 3.29. The molecule has 3 heterocycles. The molecular formula is C19H19F2N7O. The van der Waals surface area contributed by atoms with Crippen molar-refractivity contribution >= 4 is 28.0 Å². The molecule has 3 aromatic heterocycles. The normalized spacial score (nSPS) is 21.8. The molecular weight excluding hydrogens is 380 g/mol. The number of aromatic amines is 1. The Morgan fingerprint density at radius 2 is 2.21 bits per heavy atom. The van der Waals surface area contributed by atoms with E-state index in [2.05, 4.69) is 30.6 Å². The number of halogens is 2. The Labute approximate surface area is 164 Å². The van der Waals surface area contributed by atoms with E-state index in [1.54, 1.807) is 18.3 Å². The molecule has 1 fully saturated rings. The van der Waals surface area contributed by atoms with E-state index in [-0.39, 0.29) is 6.04 Å². The fraction of sp³-hybridized carbons (Fsp3) is 0.368. The van der Waals surface area contributed by atoms with Gasteiger partial charge in [-0.1, -0.05) is 11.3 Å². The lowest BCUT2D eigenvalue weighted by Crippen LogP contribution is -2.48. The van der Waals surface area contributed by atoms with Gasteiger partial charge in [-0.05, 0) is 37.5 Å². The molecule has 29 heavy (non-hydrogen) atoms. The molecule has 8 nitrogen and oxygen atoms in total. The summed E-state index contributed by atoms with van der Waals surface area (Å²) in [6.45, 7) is 1.31. The zero-order valence-electron chi connectivity index (χ0n) is 15.6. The Balaban J connectivity index is 1.46. The standard InChI is InChI=1S/C19H19F2N7O/c1-19(29)5-11(6-19)24-18-23-8-13-12(7-22-17(13)25-18)10-2-3-14-15(4-10)28(27-26-14)9-16(20)21/h2-4,7-8,11,16,29H,5-6,9H2,1H3,(H2,22,23,24,25)/t11-,19-. The number of H-pyrrole nitrogens is 1. The van der Waals surface area contributed by atoms with Gasteiger partial charge in [-0.25, -0.2) is 18.4 Å². The summed E-state index contributed by atoms with van der Waals surface area (Å²) in [5.41, 5.74) is 2.86. The van der Waals surface area contributed by atoms with Crippen LogP contribution in [0.5, 0.6) is 0 Å². The number of anilines is 1. The molecule has 0 aliphatic heterocycles. The molecule has 10 heteroatoms. The summed E-state index contributed by atoms with van der Waals surface area (Å²) in [5.74, 6) is 0.501. The Morgan fingerprint density at radius 3 is 2.97 bits per heavy atom.